The van der Waals surface area contributed by atoms with Gasteiger partial charge in [0.1, 0.15) is 6.10 Å². The maximum absolute atomic E-state index is 11.7. The molecule has 0 aliphatic carbocycles. The van der Waals surface area contributed by atoms with Gasteiger partial charge >= 0.3 is 5.97 Å². The number of esters is 1. The van der Waals surface area contributed by atoms with Gasteiger partial charge < -0.3 is 19.3 Å². The lowest BCUT2D eigenvalue weighted by molar-refractivity contribution is -0.153. The van der Waals surface area contributed by atoms with Gasteiger partial charge in [0.2, 0.25) is 0 Å². The van der Waals surface area contributed by atoms with E-state index in [1.165, 1.54) is 13.2 Å². The van der Waals surface area contributed by atoms with Crippen molar-refractivity contribution in [3.8, 4) is 11.5 Å². The van der Waals surface area contributed by atoms with Crippen LogP contribution in [0.4, 0.5) is 0 Å². The quantitative estimate of drug-likeness (QED) is 0.864. The Hall–Kier alpha value is -1.46. The van der Waals surface area contributed by atoms with Gasteiger partial charge in [-0.2, -0.15) is 0 Å². The summed E-state index contributed by atoms with van der Waals surface area (Å²) in [7, 11) is 1.50. The van der Waals surface area contributed by atoms with Gasteiger partial charge in [-0.3, -0.25) is 0 Å². The van der Waals surface area contributed by atoms with Gasteiger partial charge in [-0.05, 0) is 19.9 Å². The van der Waals surface area contributed by atoms with Gasteiger partial charge in [-0.1, -0.05) is 11.6 Å². The number of ether oxygens (including phenoxy) is 3. The maximum atomic E-state index is 11.7. The van der Waals surface area contributed by atoms with Crippen molar-refractivity contribution < 1.29 is 24.1 Å². The fraction of sp³-hybridized carbons (Fsp3) is 0.500. The van der Waals surface area contributed by atoms with Crippen LogP contribution in [0.1, 0.15) is 31.1 Å². The fourth-order valence-electron chi connectivity index (χ4n) is 2.23. The van der Waals surface area contributed by atoms with E-state index >= 15 is 0 Å². The van der Waals surface area contributed by atoms with Gasteiger partial charge in [0.15, 0.2) is 17.6 Å². The number of benzene rings is 1. The van der Waals surface area contributed by atoms with Crippen LogP contribution in [0, 0.1) is 0 Å². The molecule has 0 aromatic heterocycles. The highest BCUT2D eigenvalue weighted by Gasteiger charge is 2.31. The van der Waals surface area contributed by atoms with Gasteiger partial charge in [0.05, 0.1) is 18.7 Å². The number of aliphatic hydroxyl groups excluding tert-OH is 1. The lowest BCUT2D eigenvalue weighted by Crippen LogP contribution is -2.16. The molecule has 5 nitrogen and oxygen atoms in total. The molecule has 0 spiro atoms. The van der Waals surface area contributed by atoms with Crippen LogP contribution in [0.2, 0.25) is 5.02 Å². The molecule has 110 valence electrons. The van der Waals surface area contributed by atoms with Crippen LogP contribution in [0.25, 0.3) is 0 Å². The minimum absolute atomic E-state index is 0.0219. The second kappa shape index (κ2) is 5.89. The maximum Gasteiger partial charge on any atom is 0.339 e. The number of carbonyl (C=O) groups excluding carboxylic acids is 1. The third-order valence-electron chi connectivity index (χ3n) is 3.14. The zero-order valence-electron chi connectivity index (χ0n) is 11.6. The molecule has 0 fully saturated rings. The minimum Gasteiger partial charge on any atom is -0.493 e. The molecule has 1 heterocycles. The molecule has 0 amide bonds. The molecule has 2 atom stereocenters. The van der Waals surface area contributed by atoms with Crippen molar-refractivity contribution in [2.75, 3.05) is 13.7 Å². The zero-order chi connectivity index (χ0) is 14.9. The van der Waals surface area contributed by atoms with Crippen LogP contribution in [-0.2, 0) is 16.0 Å². The predicted octanol–water partition coefficient (Wildman–Crippen LogP) is 2.27. The summed E-state index contributed by atoms with van der Waals surface area (Å²) >= 11 is 6.28. The zero-order valence-corrected chi connectivity index (χ0v) is 12.4. The lowest BCUT2D eigenvalue weighted by Gasteiger charge is -2.16. The van der Waals surface area contributed by atoms with Gasteiger partial charge in [-0.25, -0.2) is 4.79 Å². The highest BCUT2D eigenvalue weighted by Crippen LogP contribution is 2.45. The Morgan fingerprint density at radius 2 is 2.35 bits per heavy atom. The molecular formula is C14H17ClO5. The number of fused-ring (bicyclic) bond motifs is 1. The molecule has 1 N–H and O–H groups in total. The molecule has 0 saturated carbocycles. The number of halogens is 1. The standard InChI is InChI=1S/C14H17ClO5/c1-4-19-14(17)12(16)8-6-10(18-3)13-9(11(8)15)5-7(2)20-13/h6-7,12,16H,4-5H2,1-3H3. The SMILES string of the molecule is CCOC(=O)C(O)c1cc(OC)c2c(c1Cl)CC(C)O2. The largest absolute Gasteiger partial charge is 0.493 e. The second-order valence-corrected chi connectivity index (χ2v) is 4.95. The van der Waals surface area contributed by atoms with Crippen LogP contribution >= 0.6 is 11.6 Å². The summed E-state index contributed by atoms with van der Waals surface area (Å²) in [6.07, 6.45) is -0.850. The van der Waals surface area contributed by atoms with Gasteiger partial charge in [-0.15, -0.1) is 0 Å². The van der Waals surface area contributed by atoms with Crippen molar-refractivity contribution in [1.82, 2.24) is 0 Å². The summed E-state index contributed by atoms with van der Waals surface area (Å²) in [6, 6.07) is 1.51. The highest BCUT2D eigenvalue weighted by molar-refractivity contribution is 6.32. The number of methoxy groups -OCH3 is 1. The van der Waals surface area contributed by atoms with E-state index in [2.05, 4.69) is 0 Å². The average Bonchev–Trinajstić information content (AvgIpc) is 2.81. The lowest BCUT2D eigenvalue weighted by atomic mass is 10.0. The fourth-order valence-corrected chi connectivity index (χ4v) is 2.55. The van der Waals surface area contributed by atoms with E-state index < -0.39 is 12.1 Å². The molecule has 1 aliphatic heterocycles. The molecule has 2 rings (SSSR count). The van der Waals surface area contributed by atoms with Crippen LogP contribution in [0.3, 0.4) is 0 Å². The third-order valence-corrected chi connectivity index (χ3v) is 3.58. The third kappa shape index (κ3) is 2.55. The molecule has 2 unspecified atom stereocenters. The van der Waals surface area contributed by atoms with E-state index in [0.717, 1.165) is 5.56 Å². The monoisotopic (exact) mass is 300 g/mol. The van der Waals surface area contributed by atoms with Crippen molar-refractivity contribution in [2.24, 2.45) is 0 Å². The first kappa shape index (κ1) is 14.9. The Morgan fingerprint density at radius 1 is 1.65 bits per heavy atom. The average molecular weight is 301 g/mol. The molecule has 1 aromatic rings. The van der Waals surface area contributed by atoms with Crippen molar-refractivity contribution in [1.29, 1.82) is 0 Å². The van der Waals surface area contributed by atoms with E-state index in [0.29, 0.717) is 22.9 Å². The molecule has 20 heavy (non-hydrogen) atoms. The highest BCUT2D eigenvalue weighted by atomic mass is 35.5. The predicted molar refractivity (Wildman–Crippen MR) is 73.4 cm³/mol. The molecule has 1 aliphatic rings. The van der Waals surface area contributed by atoms with Gasteiger partial charge in [0.25, 0.3) is 0 Å². The number of aliphatic hydroxyl groups is 1. The molecule has 0 bridgehead atoms. The Balaban J connectivity index is 2.45. The summed E-state index contributed by atoms with van der Waals surface area (Å²) in [5.41, 5.74) is 1.02. The summed E-state index contributed by atoms with van der Waals surface area (Å²) in [5, 5.41) is 10.4. The van der Waals surface area contributed by atoms with Crippen molar-refractivity contribution in [3.63, 3.8) is 0 Å². The Morgan fingerprint density at radius 3 is 2.95 bits per heavy atom. The van der Waals surface area contributed by atoms with Gasteiger partial charge in [0, 0.05) is 17.5 Å². The first-order valence-corrected chi connectivity index (χ1v) is 6.78. The molecule has 0 saturated heterocycles. The first-order chi connectivity index (χ1) is 9.49. The van der Waals surface area contributed by atoms with Crippen LogP contribution < -0.4 is 9.47 Å². The summed E-state index contributed by atoms with van der Waals surface area (Å²) in [4.78, 5) is 11.7. The van der Waals surface area contributed by atoms with E-state index in [1.54, 1.807) is 6.92 Å². The number of hydrogen-bond acceptors (Lipinski definition) is 5. The number of rotatable bonds is 4. The van der Waals surface area contributed by atoms with Crippen LogP contribution in [-0.4, -0.2) is 30.9 Å². The Bertz CT molecular complexity index is 529. The molecule has 1 aromatic carbocycles. The van der Waals surface area contributed by atoms with Crippen molar-refractivity contribution >= 4 is 17.6 Å². The molecular weight excluding hydrogens is 284 g/mol. The Kier molecular flexibility index (Phi) is 4.40. The second-order valence-electron chi connectivity index (χ2n) is 4.58. The summed E-state index contributed by atoms with van der Waals surface area (Å²) < 4.78 is 15.7. The summed E-state index contributed by atoms with van der Waals surface area (Å²) in [5.74, 6) is 0.292. The normalized spacial score (nSPS) is 18.1. The van der Waals surface area contributed by atoms with E-state index in [1.807, 2.05) is 6.92 Å². The van der Waals surface area contributed by atoms with Crippen molar-refractivity contribution in [2.45, 2.75) is 32.5 Å². The molecule has 6 heteroatoms. The number of carbonyl (C=O) groups is 1. The summed E-state index contributed by atoms with van der Waals surface area (Å²) in [6.45, 7) is 3.78. The topological polar surface area (TPSA) is 65.0 Å². The van der Waals surface area contributed by atoms with E-state index in [4.69, 9.17) is 25.8 Å². The van der Waals surface area contributed by atoms with E-state index in [9.17, 15) is 9.90 Å². The van der Waals surface area contributed by atoms with Crippen LogP contribution in [0.5, 0.6) is 11.5 Å². The van der Waals surface area contributed by atoms with E-state index in [-0.39, 0.29) is 18.3 Å². The minimum atomic E-state index is -1.43. The Labute approximate surface area is 122 Å². The number of hydrogen-bond donors (Lipinski definition) is 1. The van der Waals surface area contributed by atoms with Crippen LogP contribution in [0.15, 0.2) is 6.07 Å². The smallest absolute Gasteiger partial charge is 0.339 e. The molecule has 0 radical (unpaired) electrons. The first-order valence-electron chi connectivity index (χ1n) is 6.40. The van der Waals surface area contributed by atoms with Crippen molar-refractivity contribution in [3.05, 3.63) is 22.2 Å².